The summed E-state index contributed by atoms with van der Waals surface area (Å²) in [6.45, 7) is 3.45. The van der Waals surface area contributed by atoms with Crippen LogP contribution in [0.5, 0.6) is 0 Å². The van der Waals surface area contributed by atoms with Gasteiger partial charge in [0.25, 0.3) is 0 Å². The van der Waals surface area contributed by atoms with Crippen LogP contribution < -0.4 is 0 Å². The Morgan fingerprint density at radius 3 is 1.42 bits per heavy atom. The fraction of sp³-hybridized carbons (Fsp3) is 1.00. The third kappa shape index (κ3) is 22.1. The van der Waals surface area contributed by atoms with Gasteiger partial charge >= 0.3 is 7.60 Å². The third-order valence-electron chi connectivity index (χ3n) is 4.38. The molecule has 0 radical (unpaired) electrons. The van der Waals surface area contributed by atoms with E-state index in [1.807, 2.05) is 0 Å². The normalized spacial score (nSPS) is 12.0. The molecule has 0 aliphatic heterocycles. The van der Waals surface area contributed by atoms with E-state index in [0.29, 0.717) is 13.0 Å². The molecular formula is C19H41O4P. The molecule has 0 aliphatic rings. The highest BCUT2D eigenvalue weighted by Gasteiger charge is 2.11. The maximum absolute atomic E-state index is 10.6. The molecule has 0 atom stereocenters. The second kappa shape index (κ2) is 17.9. The minimum atomic E-state index is -3.84. The number of hydrogen-bond acceptors (Lipinski definition) is 2. The molecule has 0 amide bonds. The Morgan fingerprint density at radius 2 is 1.00 bits per heavy atom. The van der Waals surface area contributed by atoms with E-state index in [9.17, 15) is 4.57 Å². The first kappa shape index (κ1) is 24.1. The standard InChI is InChI=1S/C19H41O4P/c1-2-3-4-5-6-7-8-9-10-11-12-13-14-15-17-23-18-16-19-24(20,21)22/h2-19H2,1H3,(H2,20,21,22). The average Bonchev–Trinajstić information content (AvgIpc) is 2.52. The third-order valence-corrected chi connectivity index (χ3v) is 5.28. The molecule has 5 heteroatoms. The summed E-state index contributed by atoms with van der Waals surface area (Å²) >= 11 is 0. The lowest BCUT2D eigenvalue weighted by Crippen LogP contribution is -2.00. The molecule has 0 bridgehead atoms. The Morgan fingerprint density at radius 1 is 0.625 bits per heavy atom. The highest BCUT2D eigenvalue weighted by molar-refractivity contribution is 7.51. The topological polar surface area (TPSA) is 66.8 Å². The Balaban J connectivity index is 3.02. The monoisotopic (exact) mass is 364 g/mol. The van der Waals surface area contributed by atoms with E-state index >= 15 is 0 Å². The molecule has 0 saturated carbocycles. The van der Waals surface area contributed by atoms with E-state index in [1.165, 1.54) is 83.5 Å². The van der Waals surface area contributed by atoms with E-state index in [1.54, 1.807) is 0 Å². The van der Waals surface area contributed by atoms with Crippen molar-refractivity contribution in [2.75, 3.05) is 19.4 Å². The van der Waals surface area contributed by atoms with Crippen LogP contribution >= 0.6 is 7.60 Å². The van der Waals surface area contributed by atoms with Gasteiger partial charge in [-0.1, -0.05) is 90.4 Å². The van der Waals surface area contributed by atoms with Crippen LogP contribution in [-0.2, 0) is 9.30 Å². The maximum atomic E-state index is 10.6. The summed E-state index contributed by atoms with van der Waals surface area (Å²) in [6, 6.07) is 0. The Kier molecular flexibility index (Phi) is 18.0. The van der Waals surface area contributed by atoms with Gasteiger partial charge in [0.2, 0.25) is 0 Å². The maximum Gasteiger partial charge on any atom is 0.325 e. The zero-order chi connectivity index (χ0) is 17.9. The fourth-order valence-corrected chi connectivity index (χ4v) is 3.41. The van der Waals surface area contributed by atoms with Gasteiger partial charge in [0.15, 0.2) is 0 Å². The lowest BCUT2D eigenvalue weighted by molar-refractivity contribution is 0.130. The van der Waals surface area contributed by atoms with Crippen LogP contribution in [0, 0.1) is 0 Å². The number of hydrogen-bond donors (Lipinski definition) is 2. The molecule has 146 valence electrons. The highest BCUT2D eigenvalue weighted by Crippen LogP contribution is 2.34. The molecule has 0 aromatic heterocycles. The van der Waals surface area contributed by atoms with Gasteiger partial charge in [-0.25, -0.2) is 0 Å². The average molecular weight is 365 g/mol. The molecule has 0 unspecified atom stereocenters. The van der Waals surface area contributed by atoms with E-state index in [4.69, 9.17) is 14.5 Å². The Bertz CT molecular complexity index is 291. The van der Waals surface area contributed by atoms with Crippen molar-refractivity contribution in [3.8, 4) is 0 Å². The lowest BCUT2D eigenvalue weighted by Gasteiger charge is -2.06. The van der Waals surface area contributed by atoms with Gasteiger partial charge in [-0.05, 0) is 12.8 Å². The predicted molar refractivity (Wildman–Crippen MR) is 103 cm³/mol. The second-order valence-corrected chi connectivity index (χ2v) is 8.73. The van der Waals surface area contributed by atoms with Gasteiger partial charge in [0, 0.05) is 13.2 Å². The zero-order valence-corrected chi connectivity index (χ0v) is 16.8. The summed E-state index contributed by atoms with van der Waals surface area (Å²) in [5.41, 5.74) is 0. The summed E-state index contributed by atoms with van der Waals surface area (Å²) in [4.78, 5) is 17.4. The van der Waals surface area contributed by atoms with Gasteiger partial charge in [-0.15, -0.1) is 0 Å². The van der Waals surface area contributed by atoms with Crippen molar-refractivity contribution in [2.24, 2.45) is 0 Å². The fourth-order valence-electron chi connectivity index (χ4n) is 2.87. The molecule has 2 N–H and O–H groups in total. The SMILES string of the molecule is CCCCCCCCCCCCCCCCOCCCP(=O)(O)O. The summed E-state index contributed by atoms with van der Waals surface area (Å²) in [6.07, 6.45) is 19.2. The van der Waals surface area contributed by atoms with Gasteiger partial charge in [-0.3, -0.25) is 4.57 Å². The van der Waals surface area contributed by atoms with Crippen molar-refractivity contribution in [1.29, 1.82) is 0 Å². The Hall–Kier alpha value is 0.110. The van der Waals surface area contributed by atoms with Crippen LogP contribution in [0.2, 0.25) is 0 Å². The summed E-state index contributed by atoms with van der Waals surface area (Å²) in [5, 5.41) is 0. The van der Waals surface area contributed by atoms with Crippen LogP contribution in [0.15, 0.2) is 0 Å². The highest BCUT2D eigenvalue weighted by atomic mass is 31.2. The molecule has 0 fully saturated rings. The largest absolute Gasteiger partial charge is 0.381 e. The number of rotatable bonds is 19. The van der Waals surface area contributed by atoms with Gasteiger partial charge in [-0.2, -0.15) is 0 Å². The van der Waals surface area contributed by atoms with Crippen molar-refractivity contribution in [3.63, 3.8) is 0 Å². The van der Waals surface area contributed by atoms with Crippen LogP contribution in [0.4, 0.5) is 0 Å². The molecule has 0 heterocycles. The van der Waals surface area contributed by atoms with Crippen molar-refractivity contribution in [1.82, 2.24) is 0 Å². The molecular weight excluding hydrogens is 323 g/mol. The summed E-state index contributed by atoms with van der Waals surface area (Å²) < 4.78 is 16.0. The Labute approximate surface area is 149 Å². The smallest absolute Gasteiger partial charge is 0.325 e. The minimum Gasteiger partial charge on any atom is -0.381 e. The zero-order valence-electron chi connectivity index (χ0n) is 15.9. The van der Waals surface area contributed by atoms with Crippen molar-refractivity contribution in [3.05, 3.63) is 0 Å². The number of ether oxygens (including phenoxy) is 1. The van der Waals surface area contributed by atoms with Gasteiger partial charge in [0.05, 0.1) is 6.16 Å². The minimum absolute atomic E-state index is 0.0638. The van der Waals surface area contributed by atoms with Crippen LogP contribution in [0.3, 0.4) is 0 Å². The molecule has 0 aromatic rings. The molecule has 0 aromatic carbocycles. The van der Waals surface area contributed by atoms with Gasteiger partial charge in [0.1, 0.15) is 0 Å². The van der Waals surface area contributed by atoms with E-state index in [2.05, 4.69) is 6.92 Å². The van der Waals surface area contributed by atoms with E-state index < -0.39 is 7.60 Å². The van der Waals surface area contributed by atoms with Crippen LogP contribution in [0.25, 0.3) is 0 Å². The van der Waals surface area contributed by atoms with Crippen molar-refractivity contribution in [2.45, 2.75) is 103 Å². The van der Waals surface area contributed by atoms with Crippen LogP contribution in [-0.4, -0.2) is 29.2 Å². The molecule has 0 saturated heterocycles. The van der Waals surface area contributed by atoms with Crippen molar-refractivity contribution >= 4 is 7.60 Å². The van der Waals surface area contributed by atoms with Crippen molar-refractivity contribution < 1.29 is 19.1 Å². The lowest BCUT2D eigenvalue weighted by atomic mass is 10.0. The van der Waals surface area contributed by atoms with Crippen LogP contribution in [0.1, 0.15) is 103 Å². The predicted octanol–water partition coefficient (Wildman–Crippen LogP) is 6.05. The molecule has 4 nitrogen and oxygen atoms in total. The number of unbranched alkanes of at least 4 members (excludes halogenated alkanes) is 13. The molecule has 0 spiro atoms. The second-order valence-electron chi connectivity index (χ2n) is 6.95. The van der Waals surface area contributed by atoms with E-state index in [0.717, 1.165) is 13.0 Å². The first-order valence-corrected chi connectivity index (χ1v) is 12.0. The molecule has 0 rings (SSSR count). The molecule has 0 aliphatic carbocycles. The summed E-state index contributed by atoms with van der Waals surface area (Å²) in [5.74, 6) is 0. The quantitative estimate of drug-likeness (QED) is 0.216. The van der Waals surface area contributed by atoms with E-state index in [-0.39, 0.29) is 6.16 Å². The van der Waals surface area contributed by atoms with Gasteiger partial charge < -0.3 is 14.5 Å². The first-order chi connectivity index (χ1) is 11.6. The molecule has 24 heavy (non-hydrogen) atoms. The summed E-state index contributed by atoms with van der Waals surface area (Å²) in [7, 11) is -3.84. The first-order valence-electron chi connectivity index (χ1n) is 10.2.